The molecule has 252 valence electrons. The van der Waals surface area contributed by atoms with Crippen LogP contribution < -0.4 is 16.0 Å². The van der Waals surface area contributed by atoms with Crippen LogP contribution in [-0.4, -0.2) is 50.0 Å². The lowest BCUT2D eigenvalue weighted by Crippen LogP contribution is -2.44. The molecule has 3 amide bonds. The molecule has 0 saturated heterocycles. The molecule has 5 aromatic rings. The number of amides is 3. The average molecular weight is 671 g/mol. The second-order valence-corrected chi connectivity index (χ2v) is 12.0. The number of aryl methyl sites for hydroxylation is 1. The van der Waals surface area contributed by atoms with Crippen LogP contribution in [0.4, 0.5) is 29.9 Å². The van der Waals surface area contributed by atoms with E-state index in [1.165, 1.54) is 30.5 Å². The highest BCUT2D eigenvalue weighted by molar-refractivity contribution is 5.91. The number of ether oxygens (including phenoxy) is 1. The maximum atomic E-state index is 15.2. The maximum absolute atomic E-state index is 15.2. The van der Waals surface area contributed by atoms with Crippen molar-refractivity contribution in [1.29, 1.82) is 0 Å². The van der Waals surface area contributed by atoms with Gasteiger partial charge in [-0.05, 0) is 99.0 Å². The molecule has 49 heavy (non-hydrogen) atoms. The van der Waals surface area contributed by atoms with Gasteiger partial charge >= 0.3 is 18.1 Å². The van der Waals surface area contributed by atoms with E-state index in [1.807, 2.05) is 0 Å². The molecule has 2 heterocycles. The summed E-state index contributed by atoms with van der Waals surface area (Å²) in [5, 5.41) is 21.0. The first-order valence-corrected chi connectivity index (χ1v) is 15.0. The number of nitrogens with zero attached hydrogens (tertiary/aromatic N) is 3. The number of hydrogen-bond donors (Lipinski definition) is 4. The number of halogens is 2. The molecular weight excluding hydrogens is 638 g/mol. The average Bonchev–Trinajstić information content (AvgIpc) is 3.52. The molecule has 14 heteroatoms. The minimum absolute atomic E-state index is 0.0161. The zero-order chi connectivity index (χ0) is 35.3. The van der Waals surface area contributed by atoms with Gasteiger partial charge in [0.15, 0.2) is 0 Å². The Labute approximate surface area is 279 Å². The van der Waals surface area contributed by atoms with Crippen molar-refractivity contribution in [2.75, 3.05) is 10.6 Å². The summed E-state index contributed by atoms with van der Waals surface area (Å²) in [5.41, 5.74) is 2.40. The van der Waals surface area contributed by atoms with E-state index in [-0.39, 0.29) is 35.3 Å². The van der Waals surface area contributed by atoms with Crippen molar-refractivity contribution in [3.8, 4) is 34.0 Å². The van der Waals surface area contributed by atoms with Crippen molar-refractivity contribution >= 4 is 29.6 Å². The first kappa shape index (κ1) is 34.2. The number of carboxylic acid groups (broad SMARTS) is 1. The fourth-order valence-corrected chi connectivity index (χ4v) is 4.59. The van der Waals surface area contributed by atoms with Gasteiger partial charge in [-0.3, -0.25) is 10.6 Å². The van der Waals surface area contributed by atoms with Gasteiger partial charge in [0, 0.05) is 29.4 Å². The number of carbonyl (C=O) groups is 3. The van der Waals surface area contributed by atoms with Crippen LogP contribution in [0.15, 0.2) is 83.5 Å². The summed E-state index contributed by atoms with van der Waals surface area (Å²) in [6, 6.07) is 16.2. The molecule has 12 nitrogen and oxygen atoms in total. The Morgan fingerprint density at radius 2 is 1.61 bits per heavy atom. The summed E-state index contributed by atoms with van der Waals surface area (Å²) in [7, 11) is 0. The molecule has 1 atom stereocenters. The van der Waals surface area contributed by atoms with Gasteiger partial charge in [-0.1, -0.05) is 23.4 Å². The Kier molecular flexibility index (Phi) is 9.97. The minimum atomic E-state index is -1.40. The van der Waals surface area contributed by atoms with Crippen molar-refractivity contribution in [2.45, 2.75) is 45.8 Å². The summed E-state index contributed by atoms with van der Waals surface area (Å²) in [5.74, 6) is -2.20. The predicted octanol–water partition coefficient (Wildman–Crippen LogP) is 7.22. The fourth-order valence-electron chi connectivity index (χ4n) is 4.59. The standard InChI is InChI=1S/C35H32F2N6O6/c1-19-5-7-22(17-26(19)36)23-10-14-29(38-18-23)41-33(46)40-28(32(44)45)16-20-6-13-25(27(37)15-20)30-42-31(49-43-30)21-8-11-24(12-9-21)39-34(47)48-35(2,3)4/h5-15,17-18,28H,16H2,1-4H3,(H,39,47)(H,44,45)(H2,38,40,41,46). The topological polar surface area (TPSA) is 169 Å². The fraction of sp³-hybridized carbons (Fsp3) is 0.200. The zero-order valence-corrected chi connectivity index (χ0v) is 26.9. The highest BCUT2D eigenvalue weighted by Crippen LogP contribution is 2.27. The van der Waals surface area contributed by atoms with E-state index in [2.05, 4.69) is 31.1 Å². The number of hydrogen-bond acceptors (Lipinski definition) is 8. The van der Waals surface area contributed by atoms with E-state index in [1.54, 1.807) is 70.2 Å². The number of pyridine rings is 1. The molecule has 5 rings (SSSR count). The molecule has 0 radical (unpaired) electrons. The highest BCUT2D eigenvalue weighted by Gasteiger charge is 2.23. The minimum Gasteiger partial charge on any atom is -0.480 e. The summed E-state index contributed by atoms with van der Waals surface area (Å²) in [4.78, 5) is 44.9. The lowest BCUT2D eigenvalue weighted by molar-refractivity contribution is -0.139. The van der Waals surface area contributed by atoms with Crippen molar-refractivity contribution in [3.63, 3.8) is 0 Å². The number of carboxylic acids is 1. The van der Waals surface area contributed by atoms with Crippen molar-refractivity contribution in [1.82, 2.24) is 20.4 Å². The monoisotopic (exact) mass is 670 g/mol. The third-order valence-corrected chi connectivity index (χ3v) is 7.03. The Bertz CT molecular complexity index is 1990. The number of aliphatic carboxylic acids is 1. The van der Waals surface area contributed by atoms with Crippen LogP contribution in [-0.2, 0) is 16.0 Å². The summed E-state index contributed by atoms with van der Waals surface area (Å²) >= 11 is 0. The Balaban J connectivity index is 1.19. The molecule has 3 aromatic carbocycles. The third kappa shape index (κ3) is 9.00. The molecule has 0 spiro atoms. The first-order valence-electron chi connectivity index (χ1n) is 15.0. The molecule has 0 fully saturated rings. The van der Waals surface area contributed by atoms with Gasteiger partial charge in [-0.25, -0.2) is 28.1 Å². The molecular formula is C35H32F2N6O6. The van der Waals surface area contributed by atoms with E-state index in [0.717, 1.165) is 6.07 Å². The Morgan fingerprint density at radius 3 is 2.24 bits per heavy atom. The molecule has 0 aliphatic carbocycles. The zero-order valence-electron chi connectivity index (χ0n) is 26.9. The summed E-state index contributed by atoms with van der Waals surface area (Å²) < 4.78 is 39.7. The lowest BCUT2D eigenvalue weighted by atomic mass is 10.0. The van der Waals surface area contributed by atoms with Crippen molar-refractivity contribution in [3.05, 3.63) is 102 Å². The van der Waals surface area contributed by atoms with Crippen LogP contribution in [0.3, 0.4) is 0 Å². The van der Waals surface area contributed by atoms with Crippen LogP contribution in [0.5, 0.6) is 0 Å². The second-order valence-electron chi connectivity index (χ2n) is 12.0. The molecule has 2 aromatic heterocycles. The van der Waals surface area contributed by atoms with Crippen LogP contribution >= 0.6 is 0 Å². The third-order valence-electron chi connectivity index (χ3n) is 7.03. The van der Waals surface area contributed by atoms with Crippen LogP contribution in [0, 0.1) is 18.6 Å². The van der Waals surface area contributed by atoms with E-state index in [0.29, 0.717) is 33.5 Å². The molecule has 1 unspecified atom stereocenters. The first-order chi connectivity index (χ1) is 23.2. The van der Waals surface area contributed by atoms with E-state index >= 15 is 4.39 Å². The lowest BCUT2D eigenvalue weighted by Gasteiger charge is -2.19. The van der Waals surface area contributed by atoms with Crippen molar-refractivity contribution < 1.29 is 37.5 Å². The molecule has 4 N–H and O–H groups in total. The Morgan fingerprint density at radius 1 is 0.898 bits per heavy atom. The highest BCUT2D eigenvalue weighted by atomic mass is 19.1. The predicted molar refractivity (Wildman–Crippen MR) is 177 cm³/mol. The van der Waals surface area contributed by atoms with Gasteiger partial charge in [-0.15, -0.1) is 0 Å². The molecule has 0 aliphatic rings. The van der Waals surface area contributed by atoms with Gasteiger partial charge < -0.3 is 19.7 Å². The van der Waals surface area contributed by atoms with Gasteiger partial charge in [0.2, 0.25) is 5.82 Å². The number of carbonyl (C=O) groups excluding carboxylic acids is 2. The SMILES string of the molecule is Cc1ccc(-c2ccc(NC(=O)NC(Cc3ccc(-c4noc(-c5ccc(NC(=O)OC(C)(C)C)cc5)n4)c(F)c3)C(=O)O)nc2)cc1F. The van der Waals surface area contributed by atoms with Gasteiger partial charge in [0.05, 0.1) is 5.56 Å². The number of benzene rings is 3. The van der Waals surface area contributed by atoms with Crippen LogP contribution in [0.1, 0.15) is 31.9 Å². The summed E-state index contributed by atoms with van der Waals surface area (Å²) in [6.07, 6.45) is 0.617. The maximum Gasteiger partial charge on any atom is 0.412 e. The number of aromatic nitrogens is 3. The number of nitrogens with one attached hydrogen (secondary N) is 3. The number of rotatable bonds is 9. The quantitative estimate of drug-likeness (QED) is 0.127. The molecule has 0 aliphatic heterocycles. The summed E-state index contributed by atoms with van der Waals surface area (Å²) in [6.45, 7) is 6.92. The van der Waals surface area contributed by atoms with Gasteiger partial charge in [0.25, 0.3) is 5.89 Å². The van der Waals surface area contributed by atoms with Crippen molar-refractivity contribution in [2.24, 2.45) is 0 Å². The van der Waals surface area contributed by atoms with Gasteiger partial charge in [0.1, 0.15) is 29.1 Å². The van der Waals surface area contributed by atoms with Gasteiger partial charge in [-0.2, -0.15) is 4.98 Å². The molecule has 0 saturated carbocycles. The Hall–Kier alpha value is -6.18. The van der Waals surface area contributed by atoms with E-state index in [9.17, 15) is 23.9 Å². The van der Waals surface area contributed by atoms with Crippen LogP contribution in [0.25, 0.3) is 34.0 Å². The van der Waals surface area contributed by atoms with E-state index in [4.69, 9.17) is 9.26 Å². The smallest absolute Gasteiger partial charge is 0.412 e. The largest absolute Gasteiger partial charge is 0.480 e. The number of anilines is 2. The van der Waals surface area contributed by atoms with E-state index < -0.39 is 35.6 Å². The second kappa shape index (κ2) is 14.3. The molecule has 0 bridgehead atoms. The van der Waals surface area contributed by atoms with Crippen LogP contribution in [0.2, 0.25) is 0 Å². The number of urea groups is 1. The normalized spacial score (nSPS) is 11.8.